The number of anilines is 3. The number of hydrogen-bond donors (Lipinski definition) is 3. The molecule has 1 fully saturated rings. The van der Waals surface area contributed by atoms with Crippen LogP contribution in [-0.2, 0) is 6.18 Å². The molecule has 2 aromatic rings. The van der Waals surface area contributed by atoms with E-state index in [2.05, 4.69) is 10.6 Å². The highest BCUT2D eigenvalue weighted by atomic mass is 32.2. The number of nitrogens with one attached hydrogen (secondary N) is 2. The Hall–Kier alpha value is -1.86. The van der Waals surface area contributed by atoms with Crippen molar-refractivity contribution in [3.05, 3.63) is 42.0 Å². The first-order valence-corrected chi connectivity index (χ1v) is 10.5. The van der Waals surface area contributed by atoms with Gasteiger partial charge in [0.25, 0.3) is 0 Å². The molecule has 28 heavy (non-hydrogen) atoms. The molecular weight excluding hydrogens is 383 g/mol. The normalized spacial score (nSPS) is 21.4. The molecule has 7 heteroatoms. The lowest BCUT2D eigenvalue weighted by Crippen LogP contribution is -2.26. The van der Waals surface area contributed by atoms with Gasteiger partial charge in [-0.25, -0.2) is 0 Å². The molecule has 2 aliphatic rings. The molecular formula is C21H24F3N3S. The van der Waals surface area contributed by atoms with Gasteiger partial charge >= 0.3 is 6.18 Å². The van der Waals surface area contributed by atoms with Gasteiger partial charge in [-0.2, -0.15) is 13.2 Å². The van der Waals surface area contributed by atoms with E-state index in [1.807, 2.05) is 24.3 Å². The van der Waals surface area contributed by atoms with E-state index in [4.69, 9.17) is 5.73 Å². The first-order chi connectivity index (χ1) is 13.4. The van der Waals surface area contributed by atoms with Gasteiger partial charge < -0.3 is 16.4 Å². The summed E-state index contributed by atoms with van der Waals surface area (Å²) < 4.78 is 40.4. The molecule has 150 valence electrons. The zero-order valence-electron chi connectivity index (χ0n) is 15.5. The van der Waals surface area contributed by atoms with Gasteiger partial charge in [0.15, 0.2) is 0 Å². The highest BCUT2D eigenvalue weighted by Crippen LogP contribution is 2.49. The molecule has 0 unspecified atom stereocenters. The van der Waals surface area contributed by atoms with Crippen LogP contribution in [0.25, 0.3) is 0 Å². The van der Waals surface area contributed by atoms with Crippen molar-refractivity contribution in [2.75, 3.05) is 23.7 Å². The van der Waals surface area contributed by atoms with Crippen molar-refractivity contribution in [2.45, 2.75) is 41.7 Å². The van der Waals surface area contributed by atoms with E-state index in [-0.39, 0.29) is 0 Å². The van der Waals surface area contributed by atoms with E-state index in [1.165, 1.54) is 23.9 Å². The van der Waals surface area contributed by atoms with E-state index < -0.39 is 11.7 Å². The predicted octanol–water partition coefficient (Wildman–Crippen LogP) is 6.09. The highest BCUT2D eigenvalue weighted by molar-refractivity contribution is 7.99. The minimum Gasteiger partial charge on any atom is -0.383 e. The fraction of sp³-hybridized carbons (Fsp3) is 0.429. The number of rotatable bonds is 4. The maximum absolute atomic E-state index is 13.5. The van der Waals surface area contributed by atoms with Crippen LogP contribution in [0, 0.1) is 11.8 Å². The van der Waals surface area contributed by atoms with Crippen LogP contribution in [0.5, 0.6) is 0 Å². The number of alkyl halides is 3. The number of halogens is 3. The van der Waals surface area contributed by atoms with Crippen LogP contribution >= 0.6 is 11.8 Å². The molecule has 0 spiro atoms. The van der Waals surface area contributed by atoms with Crippen molar-refractivity contribution in [1.29, 1.82) is 0 Å². The topological polar surface area (TPSA) is 50.1 Å². The Kier molecular flexibility index (Phi) is 5.47. The van der Waals surface area contributed by atoms with Gasteiger partial charge in [0.05, 0.1) is 22.6 Å². The number of hydrogen-bond acceptors (Lipinski definition) is 4. The Balaban J connectivity index is 1.61. The second kappa shape index (κ2) is 7.87. The third-order valence-electron chi connectivity index (χ3n) is 5.60. The zero-order valence-corrected chi connectivity index (χ0v) is 16.3. The zero-order chi connectivity index (χ0) is 19.7. The molecule has 1 aliphatic heterocycles. The summed E-state index contributed by atoms with van der Waals surface area (Å²) in [5.41, 5.74) is 7.36. The molecule has 0 radical (unpaired) electrons. The lowest BCUT2D eigenvalue weighted by Gasteiger charge is -2.30. The summed E-state index contributed by atoms with van der Waals surface area (Å²) in [4.78, 5) is 1.53. The lowest BCUT2D eigenvalue weighted by molar-refractivity contribution is -0.137. The van der Waals surface area contributed by atoms with Crippen LogP contribution in [0.1, 0.15) is 31.2 Å². The third kappa shape index (κ3) is 4.10. The fourth-order valence-electron chi connectivity index (χ4n) is 4.10. The van der Waals surface area contributed by atoms with Gasteiger partial charge in [0.1, 0.15) is 0 Å². The number of nitrogens with two attached hydrogens (primary N) is 1. The first-order valence-electron chi connectivity index (χ1n) is 9.67. The molecule has 2 aromatic carbocycles. The second-order valence-electron chi connectivity index (χ2n) is 7.63. The summed E-state index contributed by atoms with van der Waals surface area (Å²) >= 11 is 1.37. The van der Waals surface area contributed by atoms with Crippen molar-refractivity contribution in [3.63, 3.8) is 0 Å². The molecule has 4 N–H and O–H groups in total. The van der Waals surface area contributed by atoms with Crippen molar-refractivity contribution in [3.8, 4) is 0 Å². The quantitative estimate of drug-likeness (QED) is 0.490. The SMILES string of the molecule is NC[C@H]1CCC[C@H](CNc2cc(C(F)(F)F)cc3c2Nc2ccccc2S3)C1. The Morgan fingerprint density at radius 2 is 1.89 bits per heavy atom. The minimum absolute atomic E-state index is 0.441. The maximum atomic E-state index is 13.5. The van der Waals surface area contributed by atoms with Gasteiger partial charge in [0, 0.05) is 16.3 Å². The molecule has 4 rings (SSSR count). The molecule has 3 nitrogen and oxygen atoms in total. The Labute approximate surface area is 167 Å². The fourth-order valence-corrected chi connectivity index (χ4v) is 5.16. The summed E-state index contributed by atoms with van der Waals surface area (Å²) in [5, 5.41) is 6.64. The molecule has 2 atom stereocenters. The van der Waals surface area contributed by atoms with Gasteiger partial charge in [-0.1, -0.05) is 30.3 Å². The van der Waals surface area contributed by atoms with Gasteiger partial charge in [-0.05, 0) is 61.9 Å². The average Bonchev–Trinajstić information content (AvgIpc) is 2.69. The lowest BCUT2D eigenvalue weighted by atomic mass is 9.81. The molecule has 1 saturated carbocycles. The van der Waals surface area contributed by atoms with Crippen LogP contribution in [-0.4, -0.2) is 13.1 Å². The predicted molar refractivity (Wildman–Crippen MR) is 108 cm³/mol. The van der Waals surface area contributed by atoms with E-state index in [0.717, 1.165) is 42.0 Å². The average molecular weight is 408 g/mol. The Morgan fingerprint density at radius 1 is 1.11 bits per heavy atom. The standard InChI is InChI=1S/C21H24F3N3S/c22-21(23,24)15-9-17(26-12-14-5-3-4-13(8-14)11-25)20-19(10-15)28-18-7-2-1-6-16(18)27-20/h1-2,6-7,9-10,13-14,26-27H,3-5,8,11-12,25H2/t13-,14-/m0/s1. The maximum Gasteiger partial charge on any atom is 0.416 e. The summed E-state index contributed by atoms with van der Waals surface area (Å²) in [6.45, 7) is 1.35. The van der Waals surface area contributed by atoms with Crippen LogP contribution in [0.4, 0.5) is 30.2 Å². The second-order valence-corrected chi connectivity index (χ2v) is 8.72. The minimum atomic E-state index is -4.38. The molecule has 0 bridgehead atoms. The highest BCUT2D eigenvalue weighted by Gasteiger charge is 2.33. The van der Waals surface area contributed by atoms with Gasteiger partial charge in [-0.3, -0.25) is 0 Å². The van der Waals surface area contributed by atoms with Crippen molar-refractivity contribution >= 4 is 28.8 Å². The van der Waals surface area contributed by atoms with E-state index in [1.54, 1.807) is 0 Å². The molecule has 0 saturated heterocycles. The molecule has 1 aliphatic carbocycles. The van der Waals surface area contributed by atoms with E-state index in [9.17, 15) is 13.2 Å². The van der Waals surface area contributed by atoms with Crippen molar-refractivity contribution in [2.24, 2.45) is 17.6 Å². The van der Waals surface area contributed by atoms with Crippen molar-refractivity contribution in [1.82, 2.24) is 0 Å². The van der Waals surface area contributed by atoms with Gasteiger partial charge in [-0.15, -0.1) is 0 Å². The summed E-state index contributed by atoms with van der Waals surface area (Å²) in [5.74, 6) is 0.965. The smallest absolute Gasteiger partial charge is 0.383 e. The molecule has 0 aromatic heterocycles. The summed E-state index contributed by atoms with van der Waals surface area (Å²) in [6.07, 6.45) is 0.0428. The van der Waals surface area contributed by atoms with Crippen LogP contribution in [0.15, 0.2) is 46.2 Å². The Morgan fingerprint density at radius 3 is 2.68 bits per heavy atom. The van der Waals surface area contributed by atoms with E-state index in [0.29, 0.717) is 35.5 Å². The van der Waals surface area contributed by atoms with Crippen molar-refractivity contribution < 1.29 is 13.2 Å². The van der Waals surface area contributed by atoms with E-state index >= 15 is 0 Å². The van der Waals surface area contributed by atoms with Gasteiger partial charge in [0.2, 0.25) is 0 Å². The summed E-state index contributed by atoms with van der Waals surface area (Å²) in [6, 6.07) is 10.1. The molecule has 1 heterocycles. The van der Waals surface area contributed by atoms with Crippen LogP contribution < -0.4 is 16.4 Å². The Bertz CT molecular complexity index is 853. The summed E-state index contributed by atoms with van der Waals surface area (Å²) in [7, 11) is 0. The number of para-hydroxylation sites is 1. The van der Waals surface area contributed by atoms with Crippen LogP contribution in [0.3, 0.4) is 0 Å². The largest absolute Gasteiger partial charge is 0.416 e. The number of fused-ring (bicyclic) bond motifs is 2. The number of benzene rings is 2. The third-order valence-corrected chi connectivity index (χ3v) is 6.72. The monoisotopic (exact) mass is 407 g/mol. The van der Waals surface area contributed by atoms with Crippen LogP contribution in [0.2, 0.25) is 0 Å². The first kappa shape index (κ1) is 19.5. The molecule has 0 amide bonds.